The maximum atomic E-state index is 13.0. The second-order valence-corrected chi connectivity index (χ2v) is 7.83. The predicted molar refractivity (Wildman–Crippen MR) is 121 cm³/mol. The van der Waals surface area contributed by atoms with Crippen LogP contribution in [0.15, 0.2) is 41.3 Å². The third kappa shape index (κ3) is 3.46. The van der Waals surface area contributed by atoms with Crippen LogP contribution in [0.5, 0.6) is 0 Å². The van der Waals surface area contributed by atoms with Crippen molar-refractivity contribution in [3.63, 3.8) is 0 Å². The second kappa shape index (κ2) is 8.22. The van der Waals surface area contributed by atoms with Crippen molar-refractivity contribution < 1.29 is 0 Å². The monoisotopic (exact) mass is 376 g/mol. The molecule has 3 rings (SSSR count). The third-order valence-electron chi connectivity index (χ3n) is 5.63. The van der Waals surface area contributed by atoms with Crippen molar-refractivity contribution in [2.75, 3.05) is 18.0 Å². The van der Waals surface area contributed by atoms with Crippen LogP contribution in [-0.4, -0.2) is 17.5 Å². The first kappa shape index (κ1) is 20.2. The fraction of sp³-hybridized carbons (Fsp3) is 0.400. The van der Waals surface area contributed by atoms with Crippen LogP contribution >= 0.6 is 0 Å². The molecule has 28 heavy (non-hydrogen) atoms. The third-order valence-corrected chi connectivity index (χ3v) is 5.63. The van der Waals surface area contributed by atoms with Gasteiger partial charge in [0.25, 0.3) is 5.56 Å². The molecule has 0 aliphatic heterocycles. The van der Waals surface area contributed by atoms with Crippen LogP contribution in [0.1, 0.15) is 48.9 Å². The quantitative estimate of drug-likeness (QED) is 0.541. The van der Waals surface area contributed by atoms with Gasteiger partial charge >= 0.3 is 0 Å². The van der Waals surface area contributed by atoms with E-state index in [1.165, 1.54) is 27.9 Å². The van der Waals surface area contributed by atoms with Crippen molar-refractivity contribution in [2.45, 2.75) is 54.4 Å². The molecule has 0 saturated heterocycles. The van der Waals surface area contributed by atoms with E-state index in [1.54, 1.807) is 4.40 Å². The lowest BCUT2D eigenvalue weighted by Gasteiger charge is -2.30. The van der Waals surface area contributed by atoms with E-state index in [0.29, 0.717) is 0 Å². The molecule has 0 saturated carbocycles. The second-order valence-electron chi connectivity index (χ2n) is 7.83. The number of benzene rings is 1. The number of rotatable bonds is 6. The SMILES string of the molecule is CCCN(CCC)c1c(C)cc(C)c(-c2cc3ccccn3c(=O)c2C)c1C. The number of hydrogen-bond acceptors (Lipinski definition) is 2. The number of anilines is 1. The zero-order valence-electron chi connectivity index (χ0n) is 18.1. The van der Waals surface area contributed by atoms with Gasteiger partial charge in [-0.2, -0.15) is 0 Å². The first-order valence-corrected chi connectivity index (χ1v) is 10.4. The molecule has 3 nitrogen and oxygen atoms in total. The average Bonchev–Trinajstić information content (AvgIpc) is 2.65. The Kier molecular flexibility index (Phi) is 5.93. The molecule has 0 radical (unpaired) electrons. The van der Waals surface area contributed by atoms with Crippen molar-refractivity contribution in [1.82, 2.24) is 4.40 Å². The number of aromatic nitrogens is 1. The minimum atomic E-state index is 0.0630. The topological polar surface area (TPSA) is 24.7 Å². The van der Waals surface area contributed by atoms with Crippen molar-refractivity contribution in [1.29, 1.82) is 0 Å². The molecule has 0 fully saturated rings. The highest BCUT2D eigenvalue weighted by Crippen LogP contribution is 2.37. The minimum absolute atomic E-state index is 0.0630. The van der Waals surface area contributed by atoms with Gasteiger partial charge < -0.3 is 4.90 Å². The summed E-state index contributed by atoms with van der Waals surface area (Å²) in [6.07, 6.45) is 4.09. The molecule has 2 heterocycles. The van der Waals surface area contributed by atoms with E-state index in [4.69, 9.17) is 0 Å². The van der Waals surface area contributed by atoms with Gasteiger partial charge in [0.05, 0.1) is 0 Å². The largest absolute Gasteiger partial charge is 0.371 e. The van der Waals surface area contributed by atoms with Gasteiger partial charge in [-0.15, -0.1) is 0 Å². The molecule has 2 aromatic heterocycles. The Balaban J connectivity index is 2.31. The van der Waals surface area contributed by atoms with Gasteiger partial charge in [-0.1, -0.05) is 26.0 Å². The molecule has 0 spiro atoms. The molecule has 0 atom stereocenters. The van der Waals surface area contributed by atoms with Gasteiger partial charge in [0.1, 0.15) is 0 Å². The van der Waals surface area contributed by atoms with Crippen LogP contribution < -0.4 is 10.5 Å². The van der Waals surface area contributed by atoms with Crippen LogP contribution in [0.2, 0.25) is 0 Å². The van der Waals surface area contributed by atoms with E-state index in [-0.39, 0.29) is 5.56 Å². The maximum Gasteiger partial charge on any atom is 0.258 e. The van der Waals surface area contributed by atoms with E-state index in [9.17, 15) is 4.79 Å². The number of pyridine rings is 2. The van der Waals surface area contributed by atoms with Crippen LogP contribution in [0.3, 0.4) is 0 Å². The lowest BCUT2D eigenvalue weighted by Crippen LogP contribution is -2.27. The van der Waals surface area contributed by atoms with Gasteiger partial charge in [0.2, 0.25) is 0 Å². The highest BCUT2D eigenvalue weighted by atomic mass is 16.1. The Hall–Kier alpha value is -2.55. The molecule has 0 bridgehead atoms. The van der Waals surface area contributed by atoms with Crippen molar-refractivity contribution in [3.8, 4) is 11.1 Å². The minimum Gasteiger partial charge on any atom is -0.371 e. The van der Waals surface area contributed by atoms with E-state index < -0.39 is 0 Å². The van der Waals surface area contributed by atoms with Gasteiger partial charge in [-0.05, 0) is 86.6 Å². The Morgan fingerprint density at radius 2 is 1.57 bits per heavy atom. The highest BCUT2D eigenvalue weighted by Gasteiger charge is 2.19. The van der Waals surface area contributed by atoms with Crippen LogP contribution in [-0.2, 0) is 0 Å². The molecular formula is C25H32N2O. The zero-order valence-corrected chi connectivity index (χ0v) is 18.1. The lowest BCUT2D eigenvalue weighted by molar-refractivity contribution is 0.740. The fourth-order valence-electron chi connectivity index (χ4n) is 4.52. The van der Waals surface area contributed by atoms with Crippen LogP contribution in [0.25, 0.3) is 16.6 Å². The molecular weight excluding hydrogens is 344 g/mol. The molecule has 0 aliphatic rings. The summed E-state index contributed by atoms with van der Waals surface area (Å²) in [6.45, 7) is 15.1. The van der Waals surface area contributed by atoms with E-state index in [0.717, 1.165) is 42.6 Å². The summed E-state index contributed by atoms with van der Waals surface area (Å²) in [7, 11) is 0. The first-order valence-electron chi connectivity index (χ1n) is 10.4. The molecule has 3 aromatic rings. The number of aryl methyl sites for hydroxylation is 2. The van der Waals surface area contributed by atoms with Gasteiger partial charge in [0.15, 0.2) is 0 Å². The summed E-state index contributed by atoms with van der Waals surface area (Å²) in [5, 5.41) is 0. The summed E-state index contributed by atoms with van der Waals surface area (Å²) in [6, 6.07) is 10.3. The van der Waals surface area contributed by atoms with Crippen LogP contribution in [0.4, 0.5) is 5.69 Å². The fourth-order valence-corrected chi connectivity index (χ4v) is 4.52. The smallest absolute Gasteiger partial charge is 0.258 e. The summed E-state index contributed by atoms with van der Waals surface area (Å²) in [4.78, 5) is 15.5. The van der Waals surface area contributed by atoms with Crippen molar-refractivity contribution in [3.05, 3.63) is 69.1 Å². The first-order chi connectivity index (χ1) is 13.4. The van der Waals surface area contributed by atoms with Gasteiger partial charge in [-0.25, -0.2) is 0 Å². The normalized spacial score (nSPS) is 11.2. The predicted octanol–water partition coefficient (Wildman–Crippen LogP) is 5.83. The van der Waals surface area contributed by atoms with Gasteiger partial charge in [-0.3, -0.25) is 9.20 Å². The summed E-state index contributed by atoms with van der Waals surface area (Å²) in [5.41, 5.74) is 9.23. The Morgan fingerprint density at radius 3 is 2.21 bits per heavy atom. The summed E-state index contributed by atoms with van der Waals surface area (Å²) < 4.78 is 1.74. The number of fused-ring (bicyclic) bond motifs is 1. The number of nitrogens with zero attached hydrogens (tertiary/aromatic N) is 2. The van der Waals surface area contributed by atoms with Crippen molar-refractivity contribution >= 4 is 11.2 Å². The summed E-state index contributed by atoms with van der Waals surface area (Å²) >= 11 is 0. The average molecular weight is 377 g/mol. The van der Waals surface area contributed by atoms with E-state index in [2.05, 4.69) is 51.7 Å². The number of hydrogen-bond donors (Lipinski definition) is 0. The van der Waals surface area contributed by atoms with E-state index in [1.807, 2.05) is 31.3 Å². The Bertz CT molecular complexity index is 1060. The van der Waals surface area contributed by atoms with Crippen molar-refractivity contribution in [2.24, 2.45) is 0 Å². The standard InChI is InChI=1S/C25H32N2O/c1-7-12-26(13-8-2)24-18(4)15-17(3)23(20(24)6)22-16-21-11-9-10-14-27(21)25(28)19(22)5/h9-11,14-16H,7-8,12-13H2,1-6H3. The molecule has 3 heteroatoms. The molecule has 0 N–H and O–H groups in total. The lowest BCUT2D eigenvalue weighted by atomic mass is 9.89. The molecule has 1 aromatic carbocycles. The van der Waals surface area contributed by atoms with Gasteiger partial charge in [0, 0.05) is 36.1 Å². The Labute approximate surface area is 168 Å². The Morgan fingerprint density at radius 1 is 0.893 bits per heavy atom. The maximum absolute atomic E-state index is 13.0. The van der Waals surface area contributed by atoms with Crippen LogP contribution in [0, 0.1) is 27.7 Å². The molecule has 0 amide bonds. The molecule has 0 aliphatic carbocycles. The van der Waals surface area contributed by atoms with E-state index >= 15 is 0 Å². The zero-order chi connectivity index (χ0) is 20.4. The molecule has 0 unspecified atom stereocenters. The molecule has 148 valence electrons. The summed E-state index contributed by atoms with van der Waals surface area (Å²) in [5.74, 6) is 0. The highest BCUT2D eigenvalue weighted by molar-refractivity contribution is 5.82.